The first-order valence-electron chi connectivity index (χ1n) is 5.16. The first kappa shape index (κ1) is 14.4. The largest absolute Gasteiger partial charge is 0.479 e. The number of nitrogens with zero attached hydrogens (tertiary/aromatic N) is 2. The molecule has 0 saturated carbocycles. The smallest absolute Gasteiger partial charge is 0.334 e. The summed E-state index contributed by atoms with van der Waals surface area (Å²) in [6, 6.07) is -0.369. The SMILES string of the molecule is COC(CNC(=O)N(C)Cc1cscn1)C(=O)O. The summed E-state index contributed by atoms with van der Waals surface area (Å²) in [5, 5.41) is 13.1. The van der Waals surface area contributed by atoms with Crippen molar-refractivity contribution in [3.63, 3.8) is 0 Å². The highest BCUT2D eigenvalue weighted by Crippen LogP contribution is 2.04. The Morgan fingerprint density at radius 2 is 2.39 bits per heavy atom. The Morgan fingerprint density at radius 1 is 1.67 bits per heavy atom. The number of carbonyl (C=O) groups is 2. The van der Waals surface area contributed by atoms with E-state index in [-0.39, 0.29) is 12.6 Å². The number of aromatic nitrogens is 1. The van der Waals surface area contributed by atoms with Gasteiger partial charge in [0.1, 0.15) is 0 Å². The van der Waals surface area contributed by atoms with Gasteiger partial charge >= 0.3 is 12.0 Å². The lowest BCUT2D eigenvalue weighted by Gasteiger charge is -2.18. The predicted octanol–water partition coefficient (Wildman–Crippen LogP) is 0.384. The van der Waals surface area contributed by atoms with Crippen molar-refractivity contribution in [2.45, 2.75) is 12.6 Å². The molecule has 1 atom stereocenters. The second kappa shape index (κ2) is 6.92. The lowest BCUT2D eigenvalue weighted by molar-refractivity contribution is -0.148. The van der Waals surface area contributed by atoms with Crippen molar-refractivity contribution in [2.24, 2.45) is 0 Å². The second-order valence-corrected chi connectivity index (χ2v) is 4.30. The Bertz CT molecular complexity index is 396. The van der Waals surface area contributed by atoms with Crippen molar-refractivity contribution in [2.75, 3.05) is 20.7 Å². The van der Waals surface area contributed by atoms with E-state index >= 15 is 0 Å². The van der Waals surface area contributed by atoms with E-state index in [1.807, 2.05) is 5.38 Å². The number of carboxylic acids is 1. The predicted molar refractivity (Wildman–Crippen MR) is 65.4 cm³/mol. The molecule has 1 unspecified atom stereocenters. The first-order chi connectivity index (χ1) is 8.54. The molecule has 2 amide bonds. The zero-order chi connectivity index (χ0) is 13.5. The summed E-state index contributed by atoms with van der Waals surface area (Å²) in [7, 11) is 2.89. The van der Waals surface area contributed by atoms with Gasteiger partial charge in [0.15, 0.2) is 6.10 Å². The molecule has 100 valence electrons. The Morgan fingerprint density at radius 3 is 2.89 bits per heavy atom. The van der Waals surface area contributed by atoms with Crippen LogP contribution < -0.4 is 5.32 Å². The van der Waals surface area contributed by atoms with Crippen LogP contribution >= 0.6 is 11.3 Å². The molecule has 2 N–H and O–H groups in total. The van der Waals surface area contributed by atoms with Crippen molar-refractivity contribution in [1.29, 1.82) is 0 Å². The number of ether oxygens (including phenoxy) is 1. The molecule has 0 aliphatic rings. The van der Waals surface area contributed by atoms with Crippen LogP contribution in [-0.4, -0.2) is 53.8 Å². The maximum Gasteiger partial charge on any atom is 0.334 e. The van der Waals surface area contributed by atoms with E-state index < -0.39 is 12.1 Å². The van der Waals surface area contributed by atoms with Crippen molar-refractivity contribution in [3.8, 4) is 0 Å². The quantitative estimate of drug-likeness (QED) is 0.782. The van der Waals surface area contributed by atoms with Gasteiger partial charge in [-0.1, -0.05) is 0 Å². The van der Waals surface area contributed by atoms with Gasteiger partial charge in [-0.05, 0) is 0 Å². The van der Waals surface area contributed by atoms with E-state index in [9.17, 15) is 9.59 Å². The van der Waals surface area contributed by atoms with E-state index in [2.05, 4.69) is 10.3 Å². The van der Waals surface area contributed by atoms with E-state index in [1.165, 1.54) is 23.3 Å². The lowest BCUT2D eigenvalue weighted by atomic mass is 10.3. The normalized spacial score (nSPS) is 11.9. The van der Waals surface area contributed by atoms with Crippen molar-refractivity contribution >= 4 is 23.3 Å². The molecular weight excluding hydrogens is 258 g/mol. The number of rotatable bonds is 6. The minimum Gasteiger partial charge on any atom is -0.479 e. The second-order valence-electron chi connectivity index (χ2n) is 3.58. The fourth-order valence-electron chi connectivity index (χ4n) is 1.22. The molecule has 1 rings (SSSR count). The first-order valence-corrected chi connectivity index (χ1v) is 6.10. The fourth-order valence-corrected chi connectivity index (χ4v) is 1.77. The molecule has 0 radical (unpaired) electrons. The molecule has 0 saturated heterocycles. The standard InChI is InChI=1S/C10H15N3O4S/c1-13(4-7-5-18-6-12-7)10(16)11-3-8(17-2)9(14)15/h5-6,8H,3-4H2,1-2H3,(H,11,16)(H,14,15). The van der Waals surface area contributed by atoms with E-state index in [4.69, 9.17) is 9.84 Å². The van der Waals surface area contributed by atoms with Crippen LogP contribution in [-0.2, 0) is 16.1 Å². The third kappa shape index (κ3) is 4.30. The van der Waals surface area contributed by atoms with E-state index in [0.717, 1.165) is 5.69 Å². The highest BCUT2D eigenvalue weighted by atomic mass is 32.1. The number of carbonyl (C=O) groups excluding carboxylic acids is 1. The summed E-state index contributed by atoms with van der Waals surface area (Å²) >= 11 is 1.45. The summed E-state index contributed by atoms with van der Waals surface area (Å²) < 4.78 is 4.70. The van der Waals surface area contributed by atoms with Gasteiger partial charge in [-0.25, -0.2) is 14.6 Å². The number of thiazole rings is 1. The summed E-state index contributed by atoms with van der Waals surface area (Å²) in [4.78, 5) is 27.8. The van der Waals surface area contributed by atoms with Crippen molar-refractivity contribution < 1.29 is 19.4 Å². The Hall–Kier alpha value is -1.67. The molecule has 0 fully saturated rings. The van der Waals surface area contributed by atoms with Gasteiger partial charge in [0.2, 0.25) is 0 Å². The van der Waals surface area contributed by atoms with Crippen LogP contribution in [0.2, 0.25) is 0 Å². The third-order valence-corrected chi connectivity index (χ3v) is 2.86. The number of aliphatic carboxylic acids is 1. The Balaban J connectivity index is 2.38. The molecule has 1 heterocycles. The molecule has 0 spiro atoms. The average molecular weight is 273 g/mol. The van der Waals surface area contributed by atoms with Gasteiger partial charge in [-0.15, -0.1) is 11.3 Å². The summed E-state index contributed by atoms with van der Waals surface area (Å²) in [6.07, 6.45) is -1.04. The molecule has 7 nitrogen and oxygen atoms in total. The van der Waals surface area contributed by atoms with Crippen LogP contribution in [0.1, 0.15) is 5.69 Å². The van der Waals surface area contributed by atoms with Crippen LogP contribution in [0.4, 0.5) is 4.79 Å². The number of methoxy groups -OCH3 is 1. The van der Waals surface area contributed by atoms with Crippen LogP contribution in [0, 0.1) is 0 Å². The number of nitrogens with one attached hydrogen (secondary N) is 1. The lowest BCUT2D eigenvalue weighted by Crippen LogP contribution is -2.43. The maximum atomic E-state index is 11.7. The van der Waals surface area contributed by atoms with Gasteiger partial charge in [0.25, 0.3) is 0 Å². The number of hydrogen-bond donors (Lipinski definition) is 2. The molecule has 0 bridgehead atoms. The number of hydrogen-bond acceptors (Lipinski definition) is 5. The van der Waals surface area contributed by atoms with Crippen LogP contribution in [0.15, 0.2) is 10.9 Å². The minimum absolute atomic E-state index is 0.0773. The van der Waals surface area contributed by atoms with Crippen LogP contribution in [0.5, 0.6) is 0 Å². The molecule has 1 aromatic heterocycles. The molecule has 1 aromatic rings. The zero-order valence-corrected chi connectivity index (χ0v) is 10.9. The molecule has 8 heteroatoms. The van der Waals surface area contributed by atoms with Gasteiger partial charge in [-0.3, -0.25) is 0 Å². The topological polar surface area (TPSA) is 91.8 Å². The maximum absolute atomic E-state index is 11.7. The van der Waals surface area contributed by atoms with E-state index in [0.29, 0.717) is 6.54 Å². The number of carboxylic acid groups (broad SMARTS) is 1. The monoisotopic (exact) mass is 273 g/mol. The third-order valence-electron chi connectivity index (χ3n) is 2.23. The molecule has 0 aromatic carbocycles. The minimum atomic E-state index is -1.11. The zero-order valence-electron chi connectivity index (χ0n) is 10.1. The fraction of sp³-hybridized carbons (Fsp3) is 0.500. The van der Waals surface area contributed by atoms with Gasteiger partial charge < -0.3 is 20.1 Å². The highest BCUT2D eigenvalue weighted by Gasteiger charge is 2.18. The van der Waals surface area contributed by atoms with Crippen molar-refractivity contribution in [1.82, 2.24) is 15.2 Å². The van der Waals surface area contributed by atoms with Gasteiger partial charge in [0, 0.05) is 19.5 Å². The molecule has 0 aliphatic heterocycles. The number of urea groups is 1. The highest BCUT2D eigenvalue weighted by molar-refractivity contribution is 7.07. The van der Waals surface area contributed by atoms with E-state index in [1.54, 1.807) is 12.6 Å². The Labute approximate surface area is 108 Å². The average Bonchev–Trinajstić information content (AvgIpc) is 2.81. The molecular formula is C10H15N3O4S. The molecule has 0 aliphatic carbocycles. The van der Waals surface area contributed by atoms with Crippen molar-refractivity contribution in [3.05, 3.63) is 16.6 Å². The summed E-state index contributed by atoms with van der Waals surface area (Å²) in [5.74, 6) is -1.11. The van der Waals surface area contributed by atoms with Gasteiger partial charge in [-0.2, -0.15) is 0 Å². The summed E-state index contributed by atoms with van der Waals surface area (Å²) in [6.45, 7) is 0.298. The number of amides is 2. The van der Waals surface area contributed by atoms with Crippen LogP contribution in [0.3, 0.4) is 0 Å². The summed E-state index contributed by atoms with van der Waals surface area (Å²) in [5.41, 5.74) is 2.48. The van der Waals surface area contributed by atoms with Crippen LogP contribution in [0.25, 0.3) is 0 Å². The van der Waals surface area contributed by atoms with Gasteiger partial charge in [0.05, 0.1) is 24.3 Å². The Kier molecular flexibility index (Phi) is 5.53. The molecule has 18 heavy (non-hydrogen) atoms.